The van der Waals surface area contributed by atoms with Gasteiger partial charge in [-0.25, -0.2) is 0 Å². The Kier molecular flexibility index (Phi) is 3.52. The van der Waals surface area contributed by atoms with Gasteiger partial charge in [0.25, 0.3) is 5.91 Å². The number of aromatic nitrogens is 1. The molecule has 1 aliphatic carbocycles. The number of hydrogen-bond acceptors (Lipinski definition) is 2. The van der Waals surface area contributed by atoms with Gasteiger partial charge in [-0.05, 0) is 24.7 Å². The maximum Gasteiger partial charge on any atom is 0.256 e. The number of alkyl halides is 1. The standard InChI is InChI=1S/C12H15ClN2O2/c13-5-4-12(2-3-12)8-15-11(17)9-7-14-6-1-10(9)16/h1,6-7H,2-5,8H2,(H,14,16)(H,15,17). The highest BCUT2D eigenvalue weighted by atomic mass is 35.5. The predicted molar refractivity (Wildman–Crippen MR) is 66.4 cm³/mol. The molecule has 0 aliphatic heterocycles. The molecule has 1 aliphatic rings. The average molecular weight is 255 g/mol. The molecular weight excluding hydrogens is 240 g/mol. The first-order chi connectivity index (χ1) is 8.17. The Morgan fingerprint density at radius 2 is 2.29 bits per heavy atom. The third-order valence-electron chi connectivity index (χ3n) is 3.27. The van der Waals surface area contributed by atoms with Crippen molar-refractivity contribution in [2.24, 2.45) is 5.41 Å². The van der Waals surface area contributed by atoms with Crippen molar-refractivity contribution in [3.05, 3.63) is 34.2 Å². The average Bonchev–Trinajstić information content (AvgIpc) is 3.08. The molecule has 5 heteroatoms. The summed E-state index contributed by atoms with van der Waals surface area (Å²) in [6, 6.07) is 1.35. The van der Waals surface area contributed by atoms with E-state index in [-0.39, 0.29) is 22.3 Å². The normalized spacial score (nSPS) is 16.5. The van der Waals surface area contributed by atoms with Crippen LogP contribution >= 0.6 is 11.6 Å². The van der Waals surface area contributed by atoms with Gasteiger partial charge in [-0.15, -0.1) is 11.6 Å². The van der Waals surface area contributed by atoms with E-state index in [9.17, 15) is 9.59 Å². The number of rotatable bonds is 5. The minimum Gasteiger partial charge on any atom is -0.367 e. The number of H-pyrrole nitrogens is 1. The molecule has 0 atom stereocenters. The van der Waals surface area contributed by atoms with E-state index in [0.29, 0.717) is 12.4 Å². The van der Waals surface area contributed by atoms with Crippen molar-refractivity contribution in [1.29, 1.82) is 0 Å². The smallest absolute Gasteiger partial charge is 0.256 e. The third kappa shape index (κ3) is 2.88. The molecule has 0 saturated heterocycles. The molecule has 2 N–H and O–H groups in total. The molecule has 1 saturated carbocycles. The summed E-state index contributed by atoms with van der Waals surface area (Å²) in [5.41, 5.74) is 0.0801. The summed E-state index contributed by atoms with van der Waals surface area (Å²) in [6.07, 6.45) is 6.06. The molecule has 0 radical (unpaired) electrons. The van der Waals surface area contributed by atoms with Crippen LogP contribution in [-0.4, -0.2) is 23.3 Å². The van der Waals surface area contributed by atoms with Crippen LogP contribution in [0, 0.1) is 5.41 Å². The van der Waals surface area contributed by atoms with Gasteiger partial charge in [0.2, 0.25) is 0 Å². The number of hydrogen-bond donors (Lipinski definition) is 2. The SMILES string of the molecule is O=C(NCC1(CCCl)CC1)c1c[nH]ccc1=O. The van der Waals surface area contributed by atoms with E-state index in [2.05, 4.69) is 10.3 Å². The first kappa shape index (κ1) is 12.2. The highest BCUT2D eigenvalue weighted by molar-refractivity contribution is 6.17. The van der Waals surface area contributed by atoms with Gasteiger partial charge in [-0.2, -0.15) is 0 Å². The Morgan fingerprint density at radius 1 is 1.53 bits per heavy atom. The fourth-order valence-corrected chi connectivity index (χ4v) is 2.25. The largest absolute Gasteiger partial charge is 0.367 e. The number of carbonyl (C=O) groups is 1. The van der Waals surface area contributed by atoms with Crippen molar-refractivity contribution in [3.63, 3.8) is 0 Å². The van der Waals surface area contributed by atoms with Crippen molar-refractivity contribution in [3.8, 4) is 0 Å². The van der Waals surface area contributed by atoms with Crippen LogP contribution in [0.4, 0.5) is 0 Å². The van der Waals surface area contributed by atoms with Gasteiger partial charge in [0, 0.05) is 30.9 Å². The molecule has 1 aromatic rings. The van der Waals surface area contributed by atoms with Gasteiger partial charge >= 0.3 is 0 Å². The Morgan fingerprint density at radius 3 is 2.88 bits per heavy atom. The van der Waals surface area contributed by atoms with Gasteiger partial charge in [0.05, 0.1) is 0 Å². The summed E-state index contributed by atoms with van der Waals surface area (Å²) in [4.78, 5) is 25.9. The topological polar surface area (TPSA) is 62.0 Å². The molecule has 0 spiro atoms. The Bertz CT molecular complexity index is 466. The fraction of sp³-hybridized carbons (Fsp3) is 0.500. The van der Waals surface area contributed by atoms with Crippen LogP contribution in [0.1, 0.15) is 29.6 Å². The molecular formula is C12H15ClN2O2. The zero-order valence-corrected chi connectivity index (χ0v) is 10.2. The van der Waals surface area contributed by atoms with E-state index in [1.54, 1.807) is 0 Å². The summed E-state index contributed by atoms with van der Waals surface area (Å²) >= 11 is 5.72. The van der Waals surface area contributed by atoms with Crippen LogP contribution in [0.25, 0.3) is 0 Å². The third-order valence-corrected chi connectivity index (χ3v) is 3.46. The molecule has 0 unspecified atom stereocenters. The van der Waals surface area contributed by atoms with E-state index in [4.69, 9.17) is 11.6 Å². The molecule has 1 aromatic heterocycles. The van der Waals surface area contributed by atoms with Crippen LogP contribution < -0.4 is 10.7 Å². The fourth-order valence-electron chi connectivity index (χ4n) is 1.85. The lowest BCUT2D eigenvalue weighted by Gasteiger charge is -2.14. The zero-order valence-electron chi connectivity index (χ0n) is 9.46. The highest BCUT2D eigenvalue weighted by Gasteiger charge is 2.41. The molecule has 92 valence electrons. The summed E-state index contributed by atoms with van der Waals surface area (Å²) in [6.45, 7) is 0.604. The summed E-state index contributed by atoms with van der Waals surface area (Å²) in [5.74, 6) is 0.301. The van der Waals surface area contributed by atoms with E-state index in [1.807, 2.05) is 0 Å². The number of amides is 1. The lowest BCUT2D eigenvalue weighted by Crippen LogP contribution is -2.33. The lowest BCUT2D eigenvalue weighted by molar-refractivity contribution is 0.0943. The van der Waals surface area contributed by atoms with Gasteiger partial charge in [-0.1, -0.05) is 0 Å². The second-order valence-corrected chi connectivity index (χ2v) is 4.92. The summed E-state index contributed by atoms with van der Waals surface area (Å²) in [7, 11) is 0. The van der Waals surface area contributed by atoms with Crippen molar-refractivity contribution >= 4 is 17.5 Å². The van der Waals surface area contributed by atoms with Crippen LogP contribution in [-0.2, 0) is 0 Å². The van der Waals surface area contributed by atoms with Gasteiger partial charge in [0.15, 0.2) is 5.43 Å². The number of nitrogens with one attached hydrogen (secondary N) is 2. The second-order valence-electron chi connectivity index (χ2n) is 4.54. The first-order valence-electron chi connectivity index (χ1n) is 5.68. The molecule has 2 rings (SSSR count). The maximum atomic E-state index is 11.8. The van der Waals surface area contributed by atoms with Crippen molar-refractivity contribution in [2.45, 2.75) is 19.3 Å². The minimum atomic E-state index is -0.312. The van der Waals surface area contributed by atoms with E-state index >= 15 is 0 Å². The second kappa shape index (κ2) is 4.92. The molecule has 1 heterocycles. The molecule has 4 nitrogen and oxygen atoms in total. The van der Waals surface area contributed by atoms with Gasteiger partial charge in [0.1, 0.15) is 5.56 Å². The first-order valence-corrected chi connectivity index (χ1v) is 6.22. The predicted octanol–water partition coefficient (Wildman–Crippen LogP) is 1.51. The molecule has 0 aromatic carbocycles. The molecule has 0 bridgehead atoms. The van der Waals surface area contributed by atoms with Crippen LogP contribution in [0.5, 0.6) is 0 Å². The monoisotopic (exact) mass is 254 g/mol. The van der Waals surface area contributed by atoms with Gasteiger partial charge in [-0.3, -0.25) is 9.59 Å². The van der Waals surface area contributed by atoms with Crippen LogP contribution in [0.3, 0.4) is 0 Å². The molecule has 1 amide bonds. The quantitative estimate of drug-likeness (QED) is 0.783. The Labute approximate surface area is 104 Å². The minimum absolute atomic E-state index is 0.161. The molecule has 1 fully saturated rings. The Hall–Kier alpha value is -1.29. The Balaban J connectivity index is 1.94. The number of pyridine rings is 1. The molecule has 17 heavy (non-hydrogen) atoms. The van der Waals surface area contributed by atoms with E-state index < -0.39 is 0 Å². The van der Waals surface area contributed by atoms with Crippen LogP contribution in [0.2, 0.25) is 0 Å². The summed E-state index contributed by atoms with van der Waals surface area (Å²) in [5, 5.41) is 2.81. The van der Waals surface area contributed by atoms with Crippen molar-refractivity contribution in [1.82, 2.24) is 10.3 Å². The highest BCUT2D eigenvalue weighted by Crippen LogP contribution is 2.48. The summed E-state index contributed by atoms with van der Waals surface area (Å²) < 4.78 is 0. The van der Waals surface area contributed by atoms with Crippen molar-refractivity contribution < 1.29 is 4.79 Å². The number of halogens is 1. The van der Waals surface area contributed by atoms with E-state index in [0.717, 1.165) is 19.3 Å². The number of carbonyl (C=O) groups excluding carboxylic acids is 1. The van der Waals surface area contributed by atoms with Crippen LogP contribution in [0.15, 0.2) is 23.3 Å². The maximum absolute atomic E-state index is 11.8. The zero-order chi connectivity index (χ0) is 12.3. The number of aromatic amines is 1. The van der Waals surface area contributed by atoms with Crippen molar-refractivity contribution in [2.75, 3.05) is 12.4 Å². The van der Waals surface area contributed by atoms with E-state index in [1.165, 1.54) is 18.5 Å². The lowest BCUT2D eigenvalue weighted by atomic mass is 10.0. The van der Waals surface area contributed by atoms with Gasteiger partial charge < -0.3 is 10.3 Å².